The average molecular weight is 516 g/mol. The van der Waals surface area contributed by atoms with Gasteiger partial charge in [0.15, 0.2) is 0 Å². The topological polar surface area (TPSA) is 117 Å². The molecule has 0 fully saturated rings. The molecule has 0 aliphatic rings. The number of aromatic nitrogens is 3. The van der Waals surface area contributed by atoms with Crippen LogP contribution in [0.4, 0.5) is 0 Å². The van der Waals surface area contributed by atoms with Gasteiger partial charge in [0.25, 0.3) is 11.7 Å². The molecule has 0 saturated carbocycles. The van der Waals surface area contributed by atoms with Crippen molar-refractivity contribution in [2.45, 2.75) is 38.3 Å². The van der Waals surface area contributed by atoms with Crippen molar-refractivity contribution in [2.75, 3.05) is 5.75 Å². The van der Waals surface area contributed by atoms with E-state index in [0.717, 1.165) is 22.6 Å². The van der Waals surface area contributed by atoms with Crippen LogP contribution in [0.25, 0.3) is 17.1 Å². The number of amides is 1. The maximum absolute atomic E-state index is 12.4. The van der Waals surface area contributed by atoms with Crippen molar-refractivity contribution < 1.29 is 19.6 Å². The van der Waals surface area contributed by atoms with Gasteiger partial charge in [-0.25, -0.2) is 5.43 Å². The van der Waals surface area contributed by atoms with E-state index in [9.17, 15) is 15.0 Å². The predicted molar refractivity (Wildman–Crippen MR) is 143 cm³/mol. The van der Waals surface area contributed by atoms with Gasteiger partial charge in [-0.15, -0.1) is 5.10 Å². The van der Waals surface area contributed by atoms with Crippen molar-refractivity contribution >= 4 is 23.9 Å². The maximum atomic E-state index is 12.4. The molecule has 0 aliphatic heterocycles. The molecule has 37 heavy (non-hydrogen) atoms. The monoisotopic (exact) mass is 515 g/mol. The number of phenolic OH excluding ortho intramolecular Hbond substituents is 1. The fourth-order valence-electron chi connectivity index (χ4n) is 3.60. The molecule has 9 heteroatoms. The molecule has 0 unspecified atom stereocenters. The van der Waals surface area contributed by atoms with Crippen molar-refractivity contribution in [1.29, 1.82) is 0 Å². The van der Waals surface area contributed by atoms with E-state index in [1.165, 1.54) is 41.7 Å². The van der Waals surface area contributed by atoms with Crippen molar-refractivity contribution in [3.05, 3.63) is 83.4 Å². The van der Waals surface area contributed by atoms with Gasteiger partial charge in [0.05, 0.1) is 22.6 Å². The number of aromatic hydroxyl groups is 1. The Morgan fingerprint density at radius 2 is 1.84 bits per heavy atom. The normalized spacial score (nSPS) is 11.7. The predicted octanol–water partition coefficient (Wildman–Crippen LogP) is 3.98. The SMILES string of the molecule is Cc1ccc(-[n+]2c(SCC(=O)NN=Cc3ccc([O-])c(O)c3)n[nH]c2-c2ccc(C(C)(C)C)cc2)cc1. The van der Waals surface area contributed by atoms with Crippen LogP contribution < -0.4 is 15.1 Å². The number of nitrogens with zero attached hydrogens (tertiary/aromatic N) is 3. The molecule has 190 valence electrons. The Hall–Kier alpha value is -4.11. The van der Waals surface area contributed by atoms with Crippen LogP contribution in [0.15, 0.2) is 77.0 Å². The number of hydrogen-bond donors (Lipinski definition) is 3. The molecule has 1 heterocycles. The minimum atomic E-state index is -0.469. The Morgan fingerprint density at radius 3 is 2.49 bits per heavy atom. The number of carbonyl (C=O) groups is 1. The highest BCUT2D eigenvalue weighted by Crippen LogP contribution is 2.26. The summed E-state index contributed by atoms with van der Waals surface area (Å²) in [5.74, 6) is -0.259. The van der Waals surface area contributed by atoms with Gasteiger partial charge in [0.2, 0.25) is 0 Å². The summed E-state index contributed by atoms with van der Waals surface area (Å²) in [7, 11) is 0. The number of carbonyl (C=O) groups excluding carboxylic acids is 1. The summed E-state index contributed by atoms with van der Waals surface area (Å²) in [6, 6.07) is 20.6. The molecule has 0 radical (unpaired) electrons. The van der Waals surface area contributed by atoms with E-state index in [1.54, 1.807) is 0 Å². The zero-order valence-corrected chi connectivity index (χ0v) is 22.0. The number of thioether (sulfide) groups is 1. The molecule has 3 N–H and O–H groups in total. The summed E-state index contributed by atoms with van der Waals surface area (Å²) < 4.78 is 2.00. The van der Waals surface area contributed by atoms with Crippen LogP contribution in [0, 0.1) is 6.92 Å². The zero-order chi connectivity index (χ0) is 26.6. The fraction of sp³-hybridized carbons (Fsp3) is 0.214. The molecular formula is C28H29N5O3S. The lowest BCUT2D eigenvalue weighted by molar-refractivity contribution is -0.625. The minimum absolute atomic E-state index is 0.0518. The van der Waals surface area contributed by atoms with Crippen LogP contribution in [0.2, 0.25) is 0 Å². The Bertz CT molecular complexity index is 1420. The molecule has 0 bridgehead atoms. The molecule has 4 aromatic rings. The molecule has 0 spiro atoms. The number of phenols is 1. The van der Waals surface area contributed by atoms with Gasteiger partial charge < -0.3 is 10.2 Å². The van der Waals surface area contributed by atoms with Gasteiger partial charge >= 0.3 is 5.16 Å². The van der Waals surface area contributed by atoms with E-state index in [1.807, 2.05) is 35.8 Å². The number of hydrazone groups is 1. The second-order valence-electron chi connectivity index (χ2n) is 9.66. The van der Waals surface area contributed by atoms with E-state index >= 15 is 0 Å². The molecule has 4 rings (SSSR count). The van der Waals surface area contributed by atoms with Gasteiger partial charge in [0, 0.05) is 0 Å². The van der Waals surface area contributed by atoms with Gasteiger partial charge in [-0.3, -0.25) is 4.79 Å². The van der Waals surface area contributed by atoms with Gasteiger partial charge in [-0.1, -0.05) is 68.5 Å². The average Bonchev–Trinajstić information content (AvgIpc) is 3.29. The molecule has 0 aliphatic carbocycles. The first-order valence-electron chi connectivity index (χ1n) is 11.7. The summed E-state index contributed by atoms with van der Waals surface area (Å²) in [5.41, 5.74) is 7.31. The second-order valence-corrected chi connectivity index (χ2v) is 10.6. The van der Waals surface area contributed by atoms with Crippen molar-refractivity contribution in [3.8, 4) is 28.6 Å². The largest absolute Gasteiger partial charge is 0.870 e. The highest BCUT2D eigenvalue weighted by molar-refractivity contribution is 7.99. The van der Waals surface area contributed by atoms with E-state index in [2.05, 4.69) is 65.8 Å². The quantitative estimate of drug-likeness (QED) is 0.149. The lowest BCUT2D eigenvalue weighted by Crippen LogP contribution is -2.34. The molecule has 1 aromatic heterocycles. The number of nitrogens with one attached hydrogen (secondary N) is 2. The summed E-state index contributed by atoms with van der Waals surface area (Å²) in [6.07, 6.45) is 1.36. The third kappa shape index (κ3) is 6.37. The number of aryl methyl sites for hydroxylation is 1. The number of H-pyrrole nitrogens is 1. The third-order valence-electron chi connectivity index (χ3n) is 5.71. The van der Waals surface area contributed by atoms with E-state index < -0.39 is 5.75 Å². The van der Waals surface area contributed by atoms with Crippen LogP contribution in [-0.4, -0.2) is 33.2 Å². The molecular weight excluding hydrogens is 486 g/mol. The van der Waals surface area contributed by atoms with Gasteiger partial charge in [-0.05, 0) is 65.6 Å². The lowest BCUT2D eigenvalue weighted by Gasteiger charge is -2.18. The Labute approximate surface area is 220 Å². The smallest absolute Gasteiger partial charge is 0.342 e. The van der Waals surface area contributed by atoms with Crippen molar-refractivity contribution in [3.63, 3.8) is 0 Å². The number of benzene rings is 3. The molecule has 8 nitrogen and oxygen atoms in total. The standard InChI is InChI=1S/C28H29N5O3S/c1-18-5-12-22(13-6-18)33-26(20-8-10-21(11-9-20)28(2,3)4)31-32-27(33)37-17-25(36)30-29-16-19-7-14-23(34)24(35)15-19/h5-16H,17H2,1-4H3,(H3,29,30,34,35,36). The summed E-state index contributed by atoms with van der Waals surface area (Å²) in [5, 5.41) is 33.0. The first-order valence-corrected chi connectivity index (χ1v) is 12.7. The summed E-state index contributed by atoms with van der Waals surface area (Å²) >= 11 is 1.28. The Kier molecular flexibility index (Phi) is 7.63. The van der Waals surface area contributed by atoms with E-state index in [4.69, 9.17) is 0 Å². The summed E-state index contributed by atoms with van der Waals surface area (Å²) in [6.45, 7) is 8.58. The maximum Gasteiger partial charge on any atom is 0.342 e. The zero-order valence-electron chi connectivity index (χ0n) is 21.1. The number of rotatable bonds is 7. The van der Waals surface area contributed by atoms with Gasteiger partial charge in [0.1, 0.15) is 11.4 Å². The van der Waals surface area contributed by atoms with Crippen LogP contribution in [-0.2, 0) is 10.2 Å². The fourth-order valence-corrected chi connectivity index (χ4v) is 4.36. The Balaban J connectivity index is 1.53. The van der Waals surface area contributed by atoms with Crippen LogP contribution in [0.5, 0.6) is 11.5 Å². The first-order chi connectivity index (χ1) is 17.6. The second kappa shape index (κ2) is 10.9. The molecule has 0 atom stereocenters. The van der Waals surface area contributed by atoms with Crippen molar-refractivity contribution in [2.24, 2.45) is 5.10 Å². The molecule has 0 saturated heterocycles. The highest BCUT2D eigenvalue weighted by Gasteiger charge is 2.25. The minimum Gasteiger partial charge on any atom is -0.870 e. The van der Waals surface area contributed by atoms with Crippen LogP contribution >= 0.6 is 11.8 Å². The molecule has 1 amide bonds. The van der Waals surface area contributed by atoms with E-state index in [0.29, 0.717) is 10.7 Å². The van der Waals surface area contributed by atoms with Crippen LogP contribution in [0.3, 0.4) is 0 Å². The number of aromatic amines is 1. The lowest BCUT2D eigenvalue weighted by atomic mass is 9.87. The highest BCUT2D eigenvalue weighted by atomic mass is 32.2. The number of hydrogen-bond acceptors (Lipinski definition) is 6. The Morgan fingerprint density at radius 1 is 1.14 bits per heavy atom. The first kappa shape index (κ1) is 26.0. The molecule has 3 aromatic carbocycles. The van der Waals surface area contributed by atoms with Crippen LogP contribution in [0.1, 0.15) is 37.5 Å². The van der Waals surface area contributed by atoms with Crippen molar-refractivity contribution in [1.82, 2.24) is 15.6 Å². The van der Waals surface area contributed by atoms with E-state index in [-0.39, 0.29) is 22.8 Å². The third-order valence-corrected chi connectivity index (χ3v) is 6.65. The summed E-state index contributed by atoms with van der Waals surface area (Å²) in [4.78, 5) is 12.4. The van der Waals surface area contributed by atoms with Gasteiger partial charge in [-0.2, -0.15) is 9.67 Å².